The van der Waals surface area contributed by atoms with Gasteiger partial charge in [0, 0.05) is 19.2 Å². The van der Waals surface area contributed by atoms with E-state index in [2.05, 4.69) is 23.9 Å². The van der Waals surface area contributed by atoms with Crippen molar-refractivity contribution in [1.82, 2.24) is 9.88 Å². The number of hydrogen-bond donors (Lipinski definition) is 1. The summed E-state index contributed by atoms with van der Waals surface area (Å²) >= 11 is 0. The summed E-state index contributed by atoms with van der Waals surface area (Å²) in [7, 11) is 2.13. The largest absolute Gasteiger partial charge is 0.476 e. The van der Waals surface area contributed by atoms with Gasteiger partial charge in [0.15, 0.2) is 0 Å². The average Bonchev–Trinajstić information content (AvgIpc) is 2.42. The van der Waals surface area contributed by atoms with Gasteiger partial charge in [-0.25, -0.2) is 0 Å². The van der Waals surface area contributed by atoms with E-state index in [0.717, 1.165) is 32.4 Å². The first-order valence-corrected chi connectivity index (χ1v) is 6.93. The Kier molecular flexibility index (Phi) is 4.85. The summed E-state index contributed by atoms with van der Waals surface area (Å²) in [5, 5.41) is 0. The monoisotopic (exact) mass is 265 g/mol. The molecule has 5 nitrogen and oxygen atoms in total. The van der Waals surface area contributed by atoms with Crippen LogP contribution in [-0.2, 0) is 0 Å². The van der Waals surface area contributed by atoms with Crippen molar-refractivity contribution in [3.8, 4) is 11.8 Å². The Labute approximate surface area is 114 Å². The Morgan fingerprint density at radius 1 is 1.37 bits per heavy atom. The van der Waals surface area contributed by atoms with Crippen molar-refractivity contribution in [1.29, 1.82) is 0 Å². The number of piperidine rings is 1. The fraction of sp³-hybridized carbons (Fsp3) is 0.643. The molecule has 1 saturated heterocycles. The van der Waals surface area contributed by atoms with E-state index in [-0.39, 0.29) is 6.10 Å². The Hall–Kier alpha value is -1.49. The van der Waals surface area contributed by atoms with Gasteiger partial charge in [-0.2, -0.15) is 4.98 Å². The number of pyridine rings is 1. The molecular formula is C14H23N3O2. The molecule has 2 N–H and O–H groups in total. The molecule has 106 valence electrons. The standard InChI is InChI=1S/C14H23N3O2/c1-3-10-18-14-12(15)4-5-13(16-14)19-11-6-8-17(2)9-7-11/h4-5,11H,3,6-10,15H2,1-2H3. The number of ether oxygens (including phenoxy) is 2. The predicted molar refractivity (Wildman–Crippen MR) is 75.6 cm³/mol. The Balaban J connectivity index is 1.96. The molecule has 0 radical (unpaired) electrons. The van der Waals surface area contributed by atoms with E-state index in [9.17, 15) is 0 Å². The minimum absolute atomic E-state index is 0.242. The van der Waals surface area contributed by atoms with Gasteiger partial charge in [0.1, 0.15) is 6.10 Å². The van der Waals surface area contributed by atoms with Gasteiger partial charge in [-0.1, -0.05) is 6.92 Å². The molecule has 1 aromatic heterocycles. The third-order valence-corrected chi connectivity index (χ3v) is 3.26. The van der Waals surface area contributed by atoms with E-state index in [0.29, 0.717) is 24.1 Å². The molecule has 0 aliphatic carbocycles. The van der Waals surface area contributed by atoms with Crippen molar-refractivity contribution in [2.75, 3.05) is 32.5 Å². The number of anilines is 1. The van der Waals surface area contributed by atoms with Crippen LogP contribution in [0.1, 0.15) is 26.2 Å². The number of nitrogen functional groups attached to an aromatic ring is 1. The summed E-state index contributed by atoms with van der Waals surface area (Å²) in [6.07, 6.45) is 3.24. The summed E-state index contributed by atoms with van der Waals surface area (Å²) in [5.41, 5.74) is 6.39. The van der Waals surface area contributed by atoms with Crippen LogP contribution in [0, 0.1) is 0 Å². The molecule has 2 rings (SSSR count). The van der Waals surface area contributed by atoms with Crippen molar-refractivity contribution in [2.24, 2.45) is 0 Å². The van der Waals surface area contributed by atoms with Gasteiger partial charge >= 0.3 is 0 Å². The molecule has 0 aromatic carbocycles. The quantitative estimate of drug-likeness (QED) is 0.881. The normalized spacial score (nSPS) is 17.4. The maximum atomic E-state index is 5.91. The third kappa shape index (κ3) is 3.99. The first kappa shape index (κ1) is 13.9. The van der Waals surface area contributed by atoms with Gasteiger partial charge in [0.05, 0.1) is 12.3 Å². The summed E-state index contributed by atoms with van der Waals surface area (Å²) < 4.78 is 11.4. The van der Waals surface area contributed by atoms with Crippen LogP contribution in [0.2, 0.25) is 0 Å². The molecule has 1 aliphatic heterocycles. The first-order valence-electron chi connectivity index (χ1n) is 6.93. The summed E-state index contributed by atoms with van der Waals surface area (Å²) in [4.78, 5) is 6.65. The molecule has 5 heteroatoms. The molecule has 2 heterocycles. The molecule has 0 unspecified atom stereocenters. The predicted octanol–water partition coefficient (Wildman–Crippen LogP) is 1.93. The van der Waals surface area contributed by atoms with Gasteiger partial charge in [0.25, 0.3) is 0 Å². The first-order chi connectivity index (χ1) is 9.19. The molecular weight excluding hydrogens is 242 g/mol. The topological polar surface area (TPSA) is 60.6 Å². The number of hydrogen-bond acceptors (Lipinski definition) is 5. The van der Waals surface area contributed by atoms with E-state index in [1.165, 1.54) is 0 Å². The zero-order chi connectivity index (χ0) is 13.7. The summed E-state index contributed by atoms with van der Waals surface area (Å²) in [6, 6.07) is 3.61. The minimum Gasteiger partial charge on any atom is -0.476 e. The lowest BCUT2D eigenvalue weighted by atomic mass is 10.1. The van der Waals surface area contributed by atoms with Crippen LogP contribution in [0.15, 0.2) is 12.1 Å². The molecule has 0 saturated carbocycles. The van der Waals surface area contributed by atoms with Crippen LogP contribution in [0.5, 0.6) is 11.8 Å². The van der Waals surface area contributed by atoms with E-state index in [1.54, 1.807) is 6.07 Å². The number of nitrogens with two attached hydrogens (primary N) is 1. The highest BCUT2D eigenvalue weighted by Crippen LogP contribution is 2.24. The molecule has 19 heavy (non-hydrogen) atoms. The highest BCUT2D eigenvalue weighted by molar-refractivity contribution is 5.49. The smallest absolute Gasteiger partial charge is 0.240 e. The summed E-state index contributed by atoms with van der Waals surface area (Å²) in [5.74, 6) is 1.09. The van der Waals surface area contributed by atoms with Crippen LogP contribution in [0.3, 0.4) is 0 Å². The highest BCUT2D eigenvalue weighted by Gasteiger charge is 2.18. The van der Waals surface area contributed by atoms with Crippen molar-refractivity contribution >= 4 is 5.69 Å². The number of rotatable bonds is 5. The fourth-order valence-corrected chi connectivity index (χ4v) is 2.09. The number of likely N-dealkylation sites (tertiary alicyclic amines) is 1. The van der Waals surface area contributed by atoms with Crippen LogP contribution in [0.4, 0.5) is 5.69 Å². The van der Waals surface area contributed by atoms with Crippen LogP contribution < -0.4 is 15.2 Å². The van der Waals surface area contributed by atoms with E-state index in [1.807, 2.05) is 6.07 Å². The lowest BCUT2D eigenvalue weighted by Crippen LogP contribution is -2.35. The van der Waals surface area contributed by atoms with Crippen molar-refractivity contribution < 1.29 is 9.47 Å². The molecule has 1 fully saturated rings. The Morgan fingerprint density at radius 3 is 2.79 bits per heavy atom. The second-order valence-corrected chi connectivity index (χ2v) is 5.01. The van der Waals surface area contributed by atoms with Gasteiger partial charge in [-0.05, 0) is 32.4 Å². The van der Waals surface area contributed by atoms with Crippen molar-refractivity contribution in [3.05, 3.63) is 12.1 Å². The van der Waals surface area contributed by atoms with Gasteiger partial charge in [-0.3, -0.25) is 0 Å². The maximum absolute atomic E-state index is 5.91. The van der Waals surface area contributed by atoms with E-state index >= 15 is 0 Å². The molecule has 0 amide bonds. The van der Waals surface area contributed by atoms with Gasteiger partial charge in [0.2, 0.25) is 11.8 Å². The fourth-order valence-electron chi connectivity index (χ4n) is 2.09. The van der Waals surface area contributed by atoms with Gasteiger partial charge < -0.3 is 20.1 Å². The van der Waals surface area contributed by atoms with Crippen LogP contribution in [-0.4, -0.2) is 42.7 Å². The molecule has 0 atom stereocenters. The summed E-state index contributed by atoms with van der Waals surface area (Å²) in [6.45, 7) is 4.81. The lowest BCUT2D eigenvalue weighted by Gasteiger charge is -2.29. The Morgan fingerprint density at radius 2 is 2.11 bits per heavy atom. The Bertz CT molecular complexity index is 404. The van der Waals surface area contributed by atoms with E-state index in [4.69, 9.17) is 15.2 Å². The van der Waals surface area contributed by atoms with Gasteiger partial charge in [-0.15, -0.1) is 0 Å². The number of aromatic nitrogens is 1. The molecule has 0 spiro atoms. The average molecular weight is 265 g/mol. The highest BCUT2D eigenvalue weighted by atomic mass is 16.5. The maximum Gasteiger partial charge on any atom is 0.240 e. The van der Waals surface area contributed by atoms with Crippen molar-refractivity contribution in [2.45, 2.75) is 32.3 Å². The minimum atomic E-state index is 0.242. The zero-order valence-corrected chi connectivity index (χ0v) is 11.8. The van der Waals surface area contributed by atoms with E-state index < -0.39 is 0 Å². The van der Waals surface area contributed by atoms with Crippen molar-refractivity contribution in [3.63, 3.8) is 0 Å². The molecule has 0 bridgehead atoms. The lowest BCUT2D eigenvalue weighted by molar-refractivity contribution is 0.109. The number of nitrogens with zero attached hydrogens (tertiary/aromatic N) is 2. The zero-order valence-electron chi connectivity index (χ0n) is 11.8. The third-order valence-electron chi connectivity index (χ3n) is 3.26. The molecule has 1 aromatic rings. The van der Waals surface area contributed by atoms with Crippen LogP contribution >= 0.6 is 0 Å². The van der Waals surface area contributed by atoms with Crippen LogP contribution in [0.25, 0.3) is 0 Å². The SMILES string of the molecule is CCCOc1nc(OC2CCN(C)CC2)ccc1N. The second kappa shape index (κ2) is 6.61. The molecule has 1 aliphatic rings. The second-order valence-electron chi connectivity index (χ2n) is 5.01.